The number of aliphatic hydroxyl groups excluding tert-OH is 1. The fourth-order valence-electron chi connectivity index (χ4n) is 4.60. The van der Waals surface area contributed by atoms with Crippen LogP contribution in [0.1, 0.15) is 17.7 Å². The average molecular weight is 450 g/mol. The van der Waals surface area contributed by atoms with Crippen molar-refractivity contribution in [3.63, 3.8) is 0 Å². The molecule has 1 fully saturated rings. The predicted molar refractivity (Wildman–Crippen MR) is 113 cm³/mol. The van der Waals surface area contributed by atoms with Crippen molar-refractivity contribution in [2.45, 2.75) is 37.6 Å². The molecule has 1 saturated heterocycles. The standard InChI is InChI=1S/C22H19FN6O4/c23-16-6-14(9-24-21(16)17-8-15(11-30)33-26-17)12-1-2-18-13(5-12)7-19-20(32-22(31)29(18)19)10-28-4-3-25-27-28/h1-6,9,15,19-20,30H,7-8,10-11H2/t15?,19?,20-/m0/s1. The van der Waals surface area contributed by atoms with Gasteiger partial charge in [0.05, 0.1) is 31.1 Å². The van der Waals surface area contributed by atoms with Crippen LogP contribution in [0.25, 0.3) is 11.1 Å². The van der Waals surface area contributed by atoms with Crippen LogP contribution in [0, 0.1) is 5.82 Å². The molecule has 168 valence electrons. The van der Waals surface area contributed by atoms with E-state index in [-0.39, 0.29) is 30.5 Å². The van der Waals surface area contributed by atoms with Crippen LogP contribution < -0.4 is 4.90 Å². The summed E-state index contributed by atoms with van der Waals surface area (Å²) < 4.78 is 22.0. The second-order valence-electron chi connectivity index (χ2n) is 8.24. The third-order valence-corrected chi connectivity index (χ3v) is 6.20. The highest BCUT2D eigenvalue weighted by Crippen LogP contribution is 2.41. The van der Waals surface area contributed by atoms with Gasteiger partial charge in [0.1, 0.15) is 17.5 Å². The van der Waals surface area contributed by atoms with Crippen LogP contribution in [0.3, 0.4) is 0 Å². The first-order valence-corrected chi connectivity index (χ1v) is 10.6. The number of rotatable bonds is 5. The van der Waals surface area contributed by atoms with Gasteiger partial charge in [-0.05, 0) is 35.7 Å². The number of fused-ring (bicyclic) bond motifs is 3. The number of aliphatic hydroxyl groups is 1. The van der Waals surface area contributed by atoms with Crippen LogP contribution in [-0.2, 0) is 22.5 Å². The third-order valence-electron chi connectivity index (χ3n) is 6.20. The first-order valence-electron chi connectivity index (χ1n) is 10.6. The molecule has 6 rings (SSSR count). The Bertz CT molecular complexity index is 1260. The molecule has 0 saturated carbocycles. The highest BCUT2D eigenvalue weighted by atomic mass is 19.1. The van der Waals surface area contributed by atoms with Crippen molar-refractivity contribution in [1.82, 2.24) is 20.0 Å². The minimum atomic E-state index is -0.508. The monoisotopic (exact) mass is 450 g/mol. The van der Waals surface area contributed by atoms with E-state index in [1.807, 2.05) is 18.2 Å². The number of hydrogen-bond acceptors (Lipinski definition) is 8. The van der Waals surface area contributed by atoms with Gasteiger partial charge in [0.15, 0.2) is 11.9 Å². The molecule has 0 radical (unpaired) electrons. The van der Waals surface area contributed by atoms with Crippen molar-refractivity contribution in [2.24, 2.45) is 5.16 Å². The maximum atomic E-state index is 14.8. The number of ether oxygens (including phenoxy) is 1. The summed E-state index contributed by atoms with van der Waals surface area (Å²) in [5.41, 5.74) is 3.70. The van der Waals surface area contributed by atoms with Gasteiger partial charge in [-0.15, -0.1) is 5.10 Å². The summed E-state index contributed by atoms with van der Waals surface area (Å²) in [5, 5.41) is 20.8. The zero-order chi connectivity index (χ0) is 22.5. The predicted octanol–water partition coefficient (Wildman–Crippen LogP) is 1.91. The smallest absolute Gasteiger partial charge is 0.415 e. The summed E-state index contributed by atoms with van der Waals surface area (Å²) in [6.07, 6.45) is 4.65. The minimum absolute atomic E-state index is 0.121. The van der Waals surface area contributed by atoms with Crippen molar-refractivity contribution in [1.29, 1.82) is 0 Å². The van der Waals surface area contributed by atoms with Gasteiger partial charge in [0.2, 0.25) is 0 Å². The highest BCUT2D eigenvalue weighted by molar-refractivity contribution is 6.00. The number of carbonyl (C=O) groups is 1. The Kier molecular flexibility index (Phi) is 4.57. The normalized spacial score (nSPS) is 23.2. The lowest BCUT2D eigenvalue weighted by Crippen LogP contribution is -2.35. The van der Waals surface area contributed by atoms with Gasteiger partial charge in [-0.1, -0.05) is 16.4 Å². The molecule has 2 unspecified atom stereocenters. The lowest BCUT2D eigenvalue weighted by molar-refractivity contribution is 0.0390. The molecule has 1 amide bonds. The number of aromatic nitrogens is 4. The van der Waals surface area contributed by atoms with Crippen molar-refractivity contribution < 1.29 is 23.9 Å². The molecule has 1 N–H and O–H groups in total. The molecular weight excluding hydrogens is 431 g/mol. The molecule has 3 aliphatic rings. The van der Waals surface area contributed by atoms with Crippen molar-refractivity contribution >= 4 is 17.5 Å². The zero-order valence-corrected chi connectivity index (χ0v) is 17.3. The van der Waals surface area contributed by atoms with E-state index in [1.54, 1.807) is 28.2 Å². The van der Waals surface area contributed by atoms with E-state index in [9.17, 15) is 14.3 Å². The molecule has 0 spiro atoms. The van der Waals surface area contributed by atoms with Gasteiger partial charge in [-0.2, -0.15) is 0 Å². The van der Waals surface area contributed by atoms with Crippen LogP contribution in [0.2, 0.25) is 0 Å². The molecule has 1 aromatic carbocycles. The first-order chi connectivity index (χ1) is 16.1. The lowest BCUT2D eigenvalue weighted by atomic mass is 10.00. The number of pyridine rings is 1. The Hall–Kier alpha value is -3.86. The molecule has 33 heavy (non-hydrogen) atoms. The molecule has 0 bridgehead atoms. The molecule has 2 aromatic heterocycles. The molecule has 5 heterocycles. The number of benzene rings is 1. The number of amides is 1. The van der Waals surface area contributed by atoms with E-state index in [0.717, 1.165) is 16.8 Å². The highest BCUT2D eigenvalue weighted by Gasteiger charge is 2.47. The van der Waals surface area contributed by atoms with Crippen LogP contribution in [0.15, 0.2) is 48.0 Å². The second-order valence-corrected chi connectivity index (χ2v) is 8.24. The van der Waals surface area contributed by atoms with E-state index in [2.05, 4.69) is 20.5 Å². The third kappa shape index (κ3) is 3.32. The summed E-state index contributed by atoms with van der Waals surface area (Å²) in [6, 6.07) is 6.94. The van der Waals surface area contributed by atoms with Gasteiger partial charge in [0.25, 0.3) is 0 Å². The Morgan fingerprint density at radius 2 is 2.12 bits per heavy atom. The largest absolute Gasteiger partial charge is 0.442 e. The molecule has 11 heteroatoms. The fraction of sp³-hybridized carbons (Fsp3) is 0.318. The molecular formula is C22H19FN6O4. The number of oxime groups is 1. The van der Waals surface area contributed by atoms with E-state index in [0.29, 0.717) is 30.7 Å². The van der Waals surface area contributed by atoms with Crippen molar-refractivity contribution in [2.75, 3.05) is 11.5 Å². The van der Waals surface area contributed by atoms with Crippen LogP contribution in [-0.4, -0.2) is 61.7 Å². The summed E-state index contributed by atoms with van der Waals surface area (Å²) in [6.45, 7) is 0.238. The van der Waals surface area contributed by atoms with Crippen LogP contribution in [0.5, 0.6) is 0 Å². The number of anilines is 1. The average Bonchev–Trinajstić information content (AvgIpc) is 3.60. The van der Waals surface area contributed by atoms with Gasteiger partial charge in [-0.25, -0.2) is 13.9 Å². The number of hydrogen-bond donors (Lipinski definition) is 1. The van der Waals surface area contributed by atoms with E-state index in [4.69, 9.17) is 9.57 Å². The zero-order valence-electron chi connectivity index (χ0n) is 17.3. The van der Waals surface area contributed by atoms with Gasteiger partial charge < -0.3 is 14.7 Å². The van der Waals surface area contributed by atoms with Crippen LogP contribution in [0.4, 0.5) is 14.9 Å². The van der Waals surface area contributed by atoms with Gasteiger partial charge >= 0.3 is 6.09 Å². The Balaban J connectivity index is 1.25. The molecule has 0 aliphatic carbocycles. The maximum absolute atomic E-state index is 14.8. The lowest BCUT2D eigenvalue weighted by Gasteiger charge is -2.16. The summed E-state index contributed by atoms with van der Waals surface area (Å²) in [7, 11) is 0. The Morgan fingerprint density at radius 1 is 1.21 bits per heavy atom. The summed E-state index contributed by atoms with van der Waals surface area (Å²) >= 11 is 0. The summed E-state index contributed by atoms with van der Waals surface area (Å²) in [4.78, 5) is 23.5. The topological polar surface area (TPSA) is 115 Å². The van der Waals surface area contributed by atoms with E-state index < -0.39 is 11.9 Å². The molecule has 3 aromatic rings. The van der Waals surface area contributed by atoms with Crippen molar-refractivity contribution in [3.05, 3.63) is 59.9 Å². The number of nitrogens with zero attached hydrogens (tertiary/aromatic N) is 6. The van der Waals surface area contributed by atoms with Gasteiger partial charge in [-0.3, -0.25) is 9.88 Å². The van der Waals surface area contributed by atoms with Gasteiger partial charge in [0, 0.05) is 24.4 Å². The Labute approximate surface area is 187 Å². The number of cyclic esters (lactones) is 1. The maximum Gasteiger partial charge on any atom is 0.415 e. The molecule has 10 nitrogen and oxygen atoms in total. The van der Waals surface area contributed by atoms with E-state index in [1.165, 1.54) is 6.07 Å². The van der Waals surface area contributed by atoms with E-state index >= 15 is 0 Å². The molecule has 3 atom stereocenters. The van der Waals surface area contributed by atoms with Crippen LogP contribution >= 0.6 is 0 Å². The minimum Gasteiger partial charge on any atom is -0.442 e. The first kappa shape index (κ1) is 19.8. The number of halogens is 1. The second kappa shape index (κ2) is 7.62. The van der Waals surface area contributed by atoms with Crippen molar-refractivity contribution in [3.8, 4) is 11.1 Å². The Morgan fingerprint density at radius 3 is 2.88 bits per heavy atom. The quantitative estimate of drug-likeness (QED) is 0.631. The SMILES string of the molecule is O=C1O[C@@H](Cn2ccnn2)C2Cc3cc(-c4cnc(C5=NOC(CO)C5)c(F)c4)ccc3N12. The molecule has 3 aliphatic heterocycles. The fourth-order valence-corrected chi connectivity index (χ4v) is 4.60. The number of carbonyl (C=O) groups excluding carboxylic acids is 1. The summed E-state index contributed by atoms with van der Waals surface area (Å²) in [5.74, 6) is -0.508.